The van der Waals surface area contributed by atoms with Crippen molar-refractivity contribution in [1.82, 2.24) is 0 Å². The Balaban J connectivity index is 1.81. The summed E-state index contributed by atoms with van der Waals surface area (Å²) in [6, 6.07) is 13.0. The molecule has 0 aliphatic rings. The molecular formula is C21H26N2O3S. The summed E-state index contributed by atoms with van der Waals surface area (Å²) >= 11 is 1.30. The lowest BCUT2D eigenvalue weighted by molar-refractivity contribution is -0.115. The number of nitrogens with one attached hydrogen (secondary N) is 2. The Morgan fingerprint density at radius 3 is 2.44 bits per heavy atom. The average Bonchev–Trinajstić information content (AvgIpc) is 2.65. The largest absolute Gasteiger partial charge is 0.494 e. The van der Waals surface area contributed by atoms with Gasteiger partial charge in [-0.3, -0.25) is 9.59 Å². The van der Waals surface area contributed by atoms with Gasteiger partial charge >= 0.3 is 0 Å². The second-order valence-electron chi connectivity index (χ2n) is 6.20. The lowest BCUT2D eigenvalue weighted by Gasteiger charge is -2.14. The van der Waals surface area contributed by atoms with Crippen LogP contribution in [-0.4, -0.2) is 29.4 Å². The maximum Gasteiger partial charge on any atom is 0.237 e. The molecule has 0 heterocycles. The zero-order valence-corrected chi connectivity index (χ0v) is 17.0. The zero-order valence-electron chi connectivity index (χ0n) is 16.2. The zero-order chi connectivity index (χ0) is 19.8. The van der Waals surface area contributed by atoms with Gasteiger partial charge in [-0.05, 0) is 69.2 Å². The van der Waals surface area contributed by atoms with E-state index in [1.54, 1.807) is 19.1 Å². The van der Waals surface area contributed by atoms with Crippen LogP contribution in [-0.2, 0) is 9.59 Å². The summed E-state index contributed by atoms with van der Waals surface area (Å²) in [6.07, 6.45) is 0. The van der Waals surface area contributed by atoms with Crippen molar-refractivity contribution < 1.29 is 14.3 Å². The van der Waals surface area contributed by atoms with E-state index >= 15 is 0 Å². The Bertz CT molecular complexity index is 791. The Morgan fingerprint density at radius 2 is 1.78 bits per heavy atom. The minimum Gasteiger partial charge on any atom is -0.494 e. The van der Waals surface area contributed by atoms with Crippen molar-refractivity contribution in [2.45, 2.75) is 32.9 Å². The first-order valence-corrected chi connectivity index (χ1v) is 9.97. The number of rotatable bonds is 8. The summed E-state index contributed by atoms with van der Waals surface area (Å²) in [5.74, 6) is 0.717. The highest BCUT2D eigenvalue weighted by molar-refractivity contribution is 8.01. The molecule has 0 radical (unpaired) electrons. The van der Waals surface area contributed by atoms with Gasteiger partial charge in [0.1, 0.15) is 5.75 Å². The van der Waals surface area contributed by atoms with Crippen molar-refractivity contribution in [2.24, 2.45) is 0 Å². The van der Waals surface area contributed by atoms with Crippen LogP contribution in [0.2, 0.25) is 0 Å². The number of ether oxygens (including phenoxy) is 1. The minimum atomic E-state index is -0.337. The number of anilines is 2. The van der Waals surface area contributed by atoms with Crippen LogP contribution in [0.4, 0.5) is 11.4 Å². The van der Waals surface area contributed by atoms with Gasteiger partial charge in [0.25, 0.3) is 0 Å². The lowest BCUT2D eigenvalue weighted by atomic mass is 10.1. The van der Waals surface area contributed by atoms with Crippen LogP contribution < -0.4 is 15.4 Å². The van der Waals surface area contributed by atoms with E-state index in [0.717, 1.165) is 22.6 Å². The predicted octanol–water partition coefficient (Wildman–Crippen LogP) is 4.40. The van der Waals surface area contributed by atoms with Crippen LogP contribution in [0.15, 0.2) is 42.5 Å². The van der Waals surface area contributed by atoms with Gasteiger partial charge in [-0.2, -0.15) is 0 Å². The Labute approximate surface area is 164 Å². The summed E-state index contributed by atoms with van der Waals surface area (Å²) < 4.78 is 5.37. The van der Waals surface area contributed by atoms with Crippen LogP contribution in [0, 0.1) is 13.8 Å². The molecule has 27 heavy (non-hydrogen) atoms. The first-order chi connectivity index (χ1) is 12.9. The monoisotopic (exact) mass is 386 g/mol. The number of hydrogen-bond donors (Lipinski definition) is 2. The molecular weight excluding hydrogens is 360 g/mol. The van der Waals surface area contributed by atoms with Gasteiger partial charge in [-0.1, -0.05) is 12.1 Å². The van der Waals surface area contributed by atoms with E-state index in [1.807, 2.05) is 51.1 Å². The van der Waals surface area contributed by atoms with Crippen LogP contribution in [0.1, 0.15) is 25.0 Å². The van der Waals surface area contributed by atoms with Crippen molar-refractivity contribution in [3.8, 4) is 5.75 Å². The van der Waals surface area contributed by atoms with Crippen molar-refractivity contribution >= 4 is 35.0 Å². The van der Waals surface area contributed by atoms with E-state index < -0.39 is 0 Å². The summed E-state index contributed by atoms with van der Waals surface area (Å²) in [5, 5.41) is 5.42. The van der Waals surface area contributed by atoms with E-state index in [4.69, 9.17) is 4.74 Å². The molecule has 0 fully saturated rings. The summed E-state index contributed by atoms with van der Waals surface area (Å²) in [7, 11) is 0. The van der Waals surface area contributed by atoms with E-state index in [0.29, 0.717) is 12.3 Å². The van der Waals surface area contributed by atoms with Gasteiger partial charge < -0.3 is 15.4 Å². The van der Waals surface area contributed by atoms with Gasteiger partial charge in [0, 0.05) is 11.4 Å². The standard InChI is InChI=1S/C21H26N2O3S/c1-5-26-18-11-9-17(10-12-18)22-20(24)13-27-16(4)21(25)23-19-8-6-7-14(2)15(19)3/h6-12,16H,5,13H2,1-4H3,(H,22,24)(H,23,25)/t16-/m0/s1. The van der Waals surface area contributed by atoms with E-state index in [1.165, 1.54) is 11.8 Å². The topological polar surface area (TPSA) is 67.4 Å². The molecule has 0 bridgehead atoms. The number of thioether (sulfide) groups is 1. The quantitative estimate of drug-likeness (QED) is 0.706. The van der Waals surface area contributed by atoms with Gasteiger partial charge in [0.15, 0.2) is 0 Å². The molecule has 0 saturated carbocycles. The van der Waals surface area contributed by atoms with Gasteiger partial charge in [0.2, 0.25) is 11.8 Å². The second kappa shape index (κ2) is 10.0. The summed E-state index contributed by atoms with van der Waals surface area (Å²) in [5.41, 5.74) is 3.70. The van der Waals surface area contributed by atoms with Gasteiger partial charge in [0.05, 0.1) is 17.6 Å². The lowest BCUT2D eigenvalue weighted by Crippen LogP contribution is -2.25. The number of aryl methyl sites for hydroxylation is 1. The molecule has 5 nitrogen and oxygen atoms in total. The maximum absolute atomic E-state index is 12.4. The smallest absolute Gasteiger partial charge is 0.237 e. The van der Waals surface area contributed by atoms with Gasteiger partial charge in [-0.25, -0.2) is 0 Å². The molecule has 0 unspecified atom stereocenters. The molecule has 2 amide bonds. The Hall–Kier alpha value is -2.47. The maximum atomic E-state index is 12.4. The van der Waals surface area contributed by atoms with Crippen LogP contribution in [0.3, 0.4) is 0 Å². The highest BCUT2D eigenvalue weighted by Gasteiger charge is 2.16. The predicted molar refractivity (Wildman–Crippen MR) is 113 cm³/mol. The van der Waals surface area contributed by atoms with Crippen molar-refractivity contribution in [1.29, 1.82) is 0 Å². The SMILES string of the molecule is CCOc1ccc(NC(=O)CS[C@@H](C)C(=O)Nc2cccc(C)c2C)cc1. The van der Waals surface area contributed by atoms with Crippen LogP contribution >= 0.6 is 11.8 Å². The summed E-state index contributed by atoms with van der Waals surface area (Å²) in [4.78, 5) is 24.5. The van der Waals surface area contributed by atoms with Crippen LogP contribution in [0.5, 0.6) is 5.75 Å². The number of amides is 2. The molecule has 0 aliphatic carbocycles. The Kier molecular flexibility index (Phi) is 7.73. The normalized spacial score (nSPS) is 11.6. The third kappa shape index (κ3) is 6.32. The van der Waals surface area contributed by atoms with Crippen molar-refractivity contribution in [3.05, 3.63) is 53.6 Å². The molecule has 1 atom stereocenters. The van der Waals surface area contributed by atoms with Crippen LogP contribution in [0.25, 0.3) is 0 Å². The number of carbonyl (C=O) groups is 2. The van der Waals surface area contributed by atoms with Gasteiger partial charge in [-0.15, -0.1) is 11.8 Å². The third-order valence-electron chi connectivity index (χ3n) is 4.15. The molecule has 2 N–H and O–H groups in total. The molecule has 6 heteroatoms. The molecule has 0 spiro atoms. The highest BCUT2D eigenvalue weighted by Crippen LogP contribution is 2.21. The molecule has 2 aromatic rings. The summed E-state index contributed by atoms with van der Waals surface area (Å²) in [6.45, 7) is 8.31. The van der Waals surface area contributed by atoms with E-state index in [2.05, 4.69) is 10.6 Å². The van der Waals surface area contributed by atoms with Crippen molar-refractivity contribution in [2.75, 3.05) is 23.0 Å². The molecule has 0 saturated heterocycles. The fourth-order valence-corrected chi connectivity index (χ4v) is 3.08. The molecule has 2 aromatic carbocycles. The highest BCUT2D eigenvalue weighted by atomic mass is 32.2. The second-order valence-corrected chi connectivity index (χ2v) is 7.52. The fourth-order valence-electron chi connectivity index (χ4n) is 2.40. The van der Waals surface area contributed by atoms with E-state index in [9.17, 15) is 9.59 Å². The first kappa shape index (κ1) is 20.8. The van der Waals surface area contributed by atoms with Crippen molar-refractivity contribution in [3.63, 3.8) is 0 Å². The Morgan fingerprint density at radius 1 is 1.07 bits per heavy atom. The molecule has 144 valence electrons. The number of hydrogen-bond acceptors (Lipinski definition) is 4. The fraction of sp³-hybridized carbons (Fsp3) is 0.333. The number of carbonyl (C=O) groups excluding carboxylic acids is 2. The third-order valence-corrected chi connectivity index (χ3v) is 5.29. The first-order valence-electron chi connectivity index (χ1n) is 8.92. The molecule has 2 rings (SSSR count). The van der Waals surface area contributed by atoms with E-state index in [-0.39, 0.29) is 22.8 Å². The molecule has 0 aliphatic heterocycles. The number of benzene rings is 2. The molecule has 0 aromatic heterocycles. The average molecular weight is 387 g/mol. The minimum absolute atomic E-state index is 0.109.